The van der Waals surface area contributed by atoms with E-state index in [1.54, 1.807) is 0 Å². The summed E-state index contributed by atoms with van der Waals surface area (Å²) in [5.41, 5.74) is 6.62. The molecule has 6 rings (SSSR count). The van der Waals surface area contributed by atoms with Crippen LogP contribution in [0.1, 0.15) is 0 Å². The second kappa shape index (κ2) is 8.29. The Morgan fingerprint density at radius 3 is 1.64 bits per heavy atom. The number of halogens is 2. The zero-order valence-electron chi connectivity index (χ0n) is 17.5. The molecule has 0 saturated carbocycles. The number of pyridine rings is 1. The van der Waals surface area contributed by atoms with Gasteiger partial charge in [-0.05, 0) is 59.7 Å². The molecule has 0 N–H and O–H groups in total. The molecule has 158 valence electrons. The predicted molar refractivity (Wildman–Crippen MR) is 145 cm³/mol. The van der Waals surface area contributed by atoms with Gasteiger partial charge in [0.05, 0.1) is 16.7 Å². The van der Waals surface area contributed by atoms with E-state index in [-0.39, 0.29) is 0 Å². The highest BCUT2D eigenvalue weighted by Crippen LogP contribution is 2.36. The Bertz CT molecular complexity index is 1500. The van der Waals surface area contributed by atoms with Crippen LogP contribution in [-0.4, -0.2) is 9.55 Å². The molecule has 0 aliphatic heterocycles. The second-order valence-electron chi connectivity index (χ2n) is 7.99. The maximum Gasteiger partial charge on any atom is 0.138 e. The Labute approximate surface area is 208 Å². The van der Waals surface area contributed by atoms with Crippen LogP contribution < -0.4 is 0 Å². The highest BCUT2D eigenvalue weighted by atomic mass is 79.9. The van der Waals surface area contributed by atoms with Gasteiger partial charge in [0.25, 0.3) is 0 Å². The minimum absolute atomic E-state index is 0.903. The molecule has 0 amide bonds. The normalized spacial score (nSPS) is 11.3. The van der Waals surface area contributed by atoms with E-state index in [9.17, 15) is 0 Å². The Kier molecular flexibility index (Phi) is 5.12. The van der Waals surface area contributed by atoms with Crippen LogP contribution in [0.15, 0.2) is 118 Å². The zero-order chi connectivity index (χ0) is 22.4. The summed E-state index contributed by atoms with van der Waals surface area (Å²) in [7, 11) is 0. The topological polar surface area (TPSA) is 17.8 Å². The summed E-state index contributed by atoms with van der Waals surface area (Å²) in [6.07, 6.45) is 0. The summed E-state index contributed by atoms with van der Waals surface area (Å²) in [5, 5.41) is 2.38. The lowest BCUT2D eigenvalue weighted by molar-refractivity contribution is 1.08. The lowest BCUT2D eigenvalue weighted by atomic mass is 10.0. The molecule has 0 radical (unpaired) electrons. The van der Waals surface area contributed by atoms with E-state index < -0.39 is 0 Å². The van der Waals surface area contributed by atoms with Crippen LogP contribution in [0.25, 0.3) is 50.0 Å². The van der Waals surface area contributed by atoms with E-state index in [0.29, 0.717) is 0 Å². The Morgan fingerprint density at radius 2 is 1.06 bits per heavy atom. The number of aromatic nitrogens is 2. The molecule has 0 fully saturated rings. The fraction of sp³-hybridized carbons (Fsp3) is 0. The summed E-state index contributed by atoms with van der Waals surface area (Å²) >= 11 is 7.30. The summed E-state index contributed by atoms with van der Waals surface area (Å²) < 4.78 is 4.39. The van der Waals surface area contributed by atoms with E-state index in [1.165, 1.54) is 16.3 Å². The molecular formula is C29H18Br2N2. The minimum atomic E-state index is 0.903. The van der Waals surface area contributed by atoms with E-state index in [1.807, 2.05) is 12.1 Å². The third-order valence-electron chi connectivity index (χ3n) is 5.91. The Balaban J connectivity index is 1.70. The maximum absolute atomic E-state index is 5.16. The summed E-state index contributed by atoms with van der Waals surface area (Å²) in [6, 6.07) is 38.1. The summed E-state index contributed by atoms with van der Waals surface area (Å²) in [6.45, 7) is 0. The van der Waals surface area contributed by atoms with Crippen molar-refractivity contribution in [2.24, 2.45) is 0 Å². The van der Waals surface area contributed by atoms with Crippen molar-refractivity contribution in [2.75, 3.05) is 0 Å². The average molecular weight is 554 g/mol. The van der Waals surface area contributed by atoms with Gasteiger partial charge in [-0.15, -0.1) is 0 Å². The van der Waals surface area contributed by atoms with Crippen LogP contribution in [0.2, 0.25) is 0 Å². The van der Waals surface area contributed by atoms with E-state index in [4.69, 9.17) is 4.98 Å². The third kappa shape index (κ3) is 3.69. The molecule has 6 aromatic rings. The molecular weight excluding hydrogens is 536 g/mol. The van der Waals surface area contributed by atoms with Gasteiger partial charge in [0.15, 0.2) is 0 Å². The van der Waals surface area contributed by atoms with Crippen LogP contribution in [0.3, 0.4) is 0 Å². The van der Waals surface area contributed by atoms with Crippen molar-refractivity contribution in [1.29, 1.82) is 0 Å². The van der Waals surface area contributed by atoms with Gasteiger partial charge in [-0.1, -0.05) is 92.5 Å². The molecule has 0 bridgehead atoms. The van der Waals surface area contributed by atoms with Gasteiger partial charge in [0.1, 0.15) is 5.82 Å². The quantitative estimate of drug-likeness (QED) is 0.214. The minimum Gasteiger partial charge on any atom is -0.294 e. The standard InChI is InChI=1S/C29H18Br2N2/c30-22-11-13-27-24(17-22)25-18-23(31)12-14-28(25)33(27)29-16-21(19-7-3-1-4-8-19)15-26(32-29)20-9-5-2-6-10-20/h1-18H. The Hall–Kier alpha value is -3.21. The molecule has 0 unspecified atom stereocenters. The van der Waals surface area contributed by atoms with Crippen molar-refractivity contribution in [3.05, 3.63) is 118 Å². The van der Waals surface area contributed by atoms with Gasteiger partial charge in [-0.2, -0.15) is 0 Å². The van der Waals surface area contributed by atoms with Crippen LogP contribution >= 0.6 is 31.9 Å². The number of hydrogen-bond donors (Lipinski definition) is 0. The van der Waals surface area contributed by atoms with Crippen molar-refractivity contribution in [3.63, 3.8) is 0 Å². The largest absolute Gasteiger partial charge is 0.294 e. The number of benzene rings is 4. The molecule has 4 heteroatoms. The third-order valence-corrected chi connectivity index (χ3v) is 6.89. The number of fused-ring (bicyclic) bond motifs is 3. The molecule has 0 spiro atoms. The molecule has 2 nitrogen and oxygen atoms in total. The van der Waals surface area contributed by atoms with Crippen molar-refractivity contribution in [2.45, 2.75) is 0 Å². The van der Waals surface area contributed by atoms with Crippen LogP contribution in [0, 0.1) is 0 Å². The first-order chi connectivity index (χ1) is 16.2. The SMILES string of the molecule is Brc1ccc2c(c1)c1cc(Br)ccc1n2-c1cc(-c2ccccc2)cc(-c2ccccc2)n1. The fourth-order valence-corrected chi connectivity index (χ4v) is 5.12. The number of hydrogen-bond acceptors (Lipinski definition) is 1. The van der Waals surface area contributed by atoms with Gasteiger partial charge >= 0.3 is 0 Å². The zero-order valence-corrected chi connectivity index (χ0v) is 20.7. The fourth-order valence-electron chi connectivity index (χ4n) is 4.40. The van der Waals surface area contributed by atoms with Crippen molar-refractivity contribution < 1.29 is 0 Å². The van der Waals surface area contributed by atoms with Gasteiger partial charge in [-0.25, -0.2) is 4.98 Å². The summed E-state index contributed by atoms with van der Waals surface area (Å²) in [4.78, 5) is 5.16. The van der Waals surface area contributed by atoms with Gasteiger partial charge in [0, 0.05) is 25.3 Å². The van der Waals surface area contributed by atoms with Gasteiger partial charge < -0.3 is 0 Å². The van der Waals surface area contributed by atoms with E-state index in [2.05, 4.69) is 133 Å². The number of nitrogens with zero attached hydrogens (tertiary/aromatic N) is 2. The second-order valence-corrected chi connectivity index (χ2v) is 9.82. The molecule has 0 aliphatic carbocycles. The maximum atomic E-state index is 5.16. The first-order valence-electron chi connectivity index (χ1n) is 10.7. The molecule has 2 heterocycles. The van der Waals surface area contributed by atoms with Crippen molar-refractivity contribution in [3.8, 4) is 28.2 Å². The van der Waals surface area contributed by atoms with Crippen molar-refractivity contribution in [1.82, 2.24) is 9.55 Å². The number of rotatable bonds is 3. The molecule has 0 aliphatic rings. The van der Waals surface area contributed by atoms with Crippen LogP contribution in [0.5, 0.6) is 0 Å². The van der Waals surface area contributed by atoms with Crippen molar-refractivity contribution >= 4 is 53.7 Å². The molecule has 0 saturated heterocycles. The lowest BCUT2D eigenvalue weighted by Crippen LogP contribution is -2.00. The first kappa shape index (κ1) is 20.4. The molecule has 0 atom stereocenters. The molecule has 2 aromatic heterocycles. The predicted octanol–water partition coefficient (Wildman–Crippen LogP) is 9.04. The monoisotopic (exact) mass is 552 g/mol. The van der Waals surface area contributed by atoms with Gasteiger partial charge in [0.2, 0.25) is 0 Å². The van der Waals surface area contributed by atoms with Crippen LogP contribution in [0.4, 0.5) is 0 Å². The highest BCUT2D eigenvalue weighted by Gasteiger charge is 2.16. The summed E-state index contributed by atoms with van der Waals surface area (Å²) in [5.74, 6) is 0.903. The van der Waals surface area contributed by atoms with E-state index >= 15 is 0 Å². The lowest BCUT2D eigenvalue weighted by Gasteiger charge is -2.13. The van der Waals surface area contributed by atoms with Crippen LogP contribution in [-0.2, 0) is 0 Å². The van der Waals surface area contributed by atoms with Gasteiger partial charge in [-0.3, -0.25) is 4.57 Å². The Morgan fingerprint density at radius 1 is 0.515 bits per heavy atom. The highest BCUT2D eigenvalue weighted by molar-refractivity contribution is 9.10. The molecule has 33 heavy (non-hydrogen) atoms. The van der Waals surface area contributed by atoms with E-state index in [0.717, 1.165) is 42.6 Å². The average Bonchev–Trinajstić information content (AvgIpc) is 3.17. The smallest absolute Gasteiger partial charge is 0.138 e. The first-order valence-corrected chi connectivity index (χ1v) is 12.3. The molecule has 4 aromatic carbocycles.